The first-order valence-electron chi connectivity index (χ1n) is 1.06. The van der Waals surface area contributed by atoms with Gasteiger partial charge in [-0.1, -0.05) is 0 Å². The van der Waals surface area contributed by atoms with Gasteiger partial charge < -0.3 is 0 Å². The van der Waals surface area contributed by atoms with Gasteiger partial charge in [0.1, 0.15) is 0 Å². The van der Waals surface area contributed by atoms with Crippen LogP contribution in [0.3, 0.4) is 0 Å². The Hall–Kier alpha value is 1.69. The number of hydrogen-bond donors (Lipinski definition) is 0. The molecule has 0 aromatic carbocycles. The Balaban J connectivity index is -0.0000000450. The number of rotatable bonds is 0. The first kappa shape index (κ1) is 15.6. The molecule has 0 rings (SSSR count). The molecule has 0 atom stereocenters. The fourth-order valence-electron chi connectivity index (χ4n) is 0. The summed E-state index contributed by atoms with van der Waals surface area (Å²) in [6.45, 7) is 0. The van der Waals surface area contributed by atoms with E-state index in [4.69, 9.17) is 8.83 Å². The molecule has 4 heteroatoms. The van der Waals surface area contributed by atoms with Gasteiger partial charge in [-0.05, 0) is 0 Å². The minimum atomic E-state index is -0.978. The van der Waals surface area contributed by atoms with E-state index >= 15 is 0 Å². The average Bonchev–Trinajstić information content (AvgIpc) is 0.811. The Bertz CT molecular complexity index is 13.5. The van der Waals surface area contributed by atoms with Gasteiger partial charge in [0, 0.05) is 0 Å². The quantitative estimate of drug-likeness (QED) is 0.586. The summed E-state index contributed by atoms with van der Waals surface area (Å²) < 4.78 is 0. The molecular weight excluding hydrogens is 252 g/mol. The van der Waals surface area contributed by atoms with Crippen LogP contribution in [0.2, 0.25) is 9.74 Å². The van der Waals surface area contributed by atoms with Crippen molar-refractivity contribution in [2.75, 3.05) is 0 Å². The maximum atomic E-state index is 5.46. The molecule has 6 heavy (non-hydrogen) atoms. The summed E-state index contributed by atoms with van der Waals surface area (Å²) in [5.74, 6) is 0. The van der Waals surface area contributed by atoms with E-state index in [1.165, 1.54) is 0 Å². The van der Waals surface area contributed by atoms with Gasteiger partial charge >= 0.3 is 37.6 Å². The maximum absolute atomic E-state index is 5.46. The summed E-state index contributed by atoms with van der Waals surface area (Å²) in [5.41, 5.74) is 0. The summed E-state index contributed by atoms with van der Waals surface area (Å²) in [6.07, 6.45) is 0. The van der Waals surface area contributed by atoms with Gasteiger partial charge in [0.2, 0.25) is 0 Å². The SMILES string of the molecule is Cl.Cl.[CH3][Sb]([CH3])[Cl]. The zero-order chi connectivity index (χ0) is 3.58. The van der Waals surface area contributed by atoms with Crippen molar-refractivity contribution in [3.8, 4) is 0 Å². The molecule has 0 saturated carbocycles. The Morgan fingerprint density at radius 1 is 1.17 bits per heavy atom. The molecule has 0 heterocycles. The Morgan fingerprint density at radius 3 is 1.17 bits per heavy atom. The normalized spacial score (nSPS) is 6.00. The summed E-state index contributed by atoms with van der Waals surface area (Å²) >= 11 is -0.978. The standard InChI is InChI=1S/2CH3.3ClH.Sb/h2*1H3;3*1H;/q;;;;;+1/p-1. The summed E-state index contributed by atoms with van der Waals surface area (Å²) in [5, 5.41) is 0. The third kappa shape index (κ3) is 43.9. The summed E-state index contributed by atoms with van der Waals surface area (Å²) in [4.78, 5) is 4.23. The second kappa shape index (κ2) is 9.85. The van der Waals surface area contributed by atoms with Crippen molar-refractivity contribution in [3.63, 3.8) is 0 Å². The molecule has 0 aromatic heterocycles. The molecule has 0 radical (unpaired) electrons. The molecule has 0 spiro atoms. The van der Waals surface area contributed by atoms with Crippen LogP contribution in [0.5, 0.6) is 0 Å². The monoisotopic (exact) mass is 258 g/mol. The molecule has 0 amide bonds. The predicted molar refractivity (Wildman–Crippen MR) is 37.8 cm³/mol. The average molecular weight is 260 g/mol. The molecule has 42 valence electrons. The molecule has 0 bridgehead atoms. The van der Waals surface area contributed by atoms with Crippen LogP contribution in [-0.4, -0.2) is 19.1 Å². The Kier molecular flexibility index (Phi) is 25.7. The van der Waals surface area contributed by atoms with Gasteiger partial charge in [0.05, 0.1) is 0 Å². The van der Waals surface area contributed by atoms with Crippen LogP contribution in [0.25, 0.3) is 0 Å². The van der Waals surface area contributed by atoms with Crippen LogP contribution in [0, 0.1) is 0 Å². The molecule has 0 aliphatic heterocycles. The molecule has 0 unspecified atom stereocenters. The van der Waals surface area contributed by atoms with Crippen molar-refractivity contribution in [3.05, 3.63) is 0 Å². The van der Waals surface area contributed by atoms with E-state index in [9.17, 15) is 0 Å². The van der Waals surface area contributed by atoms with Gasteiger partial charge in [-0.25, -0.2) is 0 Å². The van der Waals surface area contributed by atoms with Gasteiger partial charge in [0.25, 0.3) is 0 Å². The van der Waals surface area contributed by atoms with Gasteiger partial charge in [-0.3, -0.25) is 0 Å². The summed E-state index contributed by atoms with van der Waals surface area (Å²) in [6, 6.07) is 0. The first-order chi connectivity index (χ1) is 1.73. The van der Waals surface area contributed by atoms with Crippen LogP contribution in [-0.2, 0) is 0 Å². The van der Waals surface area contributed by atoms with Crippen LogP contribution < -0.4 is 0 Å². The van der Waals surface area contributed by atoms with Gasteiger partial charge in [-0.2, -0.15) is 0 Å². The van der Waals surface area contributed by atoms with Crippen molar-refractivity contribution in [1.29, 1.82) is 0 Å². The van der Waals surface area contributed by atoms with Crippen LogP contribution in [0.4, 0.5) is 0 Å². The van der Waals surface area contributed by atoms with E-state index < -0.39 is 19.1 Å². The van der Waals surface area contributed by atoms with Crippen molar-refractivity contribution in [1.82, 2.24) is 0 Å². The molecule has 0 aliphatic rings. The minimum absolute atomic E-state index is 0. The fraction of sp³-hybridized carbons (Fsp3) is 1.00. The van der Waals surface area contributed by atoms with Crippen LogP contribution in [0.1, 0.15) is 0 Å². The Labute approximate surface area is 62.1 Å². The predicted octanol–water partition coefficient (Wildman–Crippen LogP) is 2.32. The Morgan fingerprint density at radius 2 is 1.17 bits per heavy atom. The third-order valence-corrected chi connectivity index (χ3v) is 0. The van der Waals surface area contributed by atoms with Crippen LogP contribution in [0.15, 0.2) is 0 Å². The molecule has 0 aromatic rings. The van der Waals surface area contributed by atoms with E-state index in [-0.39, 0.29) is 24.8 Å². The van der Waals surface area contributed by atoms with Crippen molar-refractivity contribution < 1.29 is 0 Å². The fourth-order valence-corrected chi connectivity index (χ4v) is 0. The van der Waals surface area contributed by atoms with Crippen molar-refractivity contribution in [2.45, 2.75) is 9.74 Å². The van der Waals surface area contributed by atoms with E-state index in [1.54, 1.807) is 0 Å². The zero-order valence-electron chi connectivity index (χ0n) is 3.64. The molecule has 0 aliphatic carbocycles. The van der Waals surface area contributed by atoms with E-state index in [0.717, 1.165) is 0 Å². The number of halogens is 3. The molecule has 0 fully saturated rings. The van der Waals surface area contributed by atoms with Crippen molar-refractivity contribution in [2.24, 2.45) is 0 Å². The third-order valence-electron chi connectivity index (χ3n) is 0. The molecule has 0 N–H and O–H groups in total. The summed E-state index contributed by atoms with van der Waals surface area (Å²) in [7, 11) is 5.46. The molecule has 0 nitrogen and oxygen atoms in total. The van der Waals surface area contributed by atoms with Gasteiger partial charge in [0.15, 0.2) is 0 Å². The topological polar surface area (TPSA) is 0 Å². The van der Waals surface area contributed by atoms with E-state index in [1.807, 2.05) is 0 Å². The van der Waals surface area contributed by atoms with E-state index in [2.05, 4.69) is 9.74 Å². The second-order valence-electron chi connectivity index (χ2n) is 0.785. The van der Waals surface area contributed by atoms with Crippen LogP contribution >= 0.6 is 33.6 Å². The van der Waals surface area contributed by atoms with Gasteiger partial charge in [-0.15, -0.1) is 24.8 Å². The molecule has 0 saturated heterocycles. The first-order valence-corrected chi connectivity index (χ1v) is 9.40. The zero-order valence-corrected chi connectivity index (χ0v) is 8.58. The number of hydrogen-bond acceptors (Lipinski definition) is 0. The van der Waals surface area contributed by atoms with E-state index in [0.29, 0.717) is 0 Å². The van der Waals surface area contributed by atoms with Crippen molar-refractivity contribution >= 4 is 52.7 Å². The molecular formula is C2H8Cl3Sb. The second-order valence-corrected chi connectivity index (χ2v) is 9.80.